The number of aliphatic hydroxyl groups excluding tert-OH is 1. The first-order valence-corrected chi connectivity index (χ1v) is 6.18. The lowest BCUT2D eigenvalue weighted by molar-refractivity contribution is 0.141. The predicted octanol–water partition coefficient (Wildman–Crippen LogP) is -0.346. The fourth-order valence-electron chi connectivity index (χ4n) is 1.57. The first kappa shape index (κ1) is 11.3. The number of β-amino-alcohol motifs (C(OH)–C–C–N with tert-alkyl or cyclic N) is 1. The second kappa shape index (κ2) is 3.69. The topological polar surface area (TPSA) is 83.6 Å². The van der Waals surface area contributed by atoms with Gasteiger partial charge in [-0.1, -0.05) is 0 Å². The molecule has 16 heavy (non-hydrogen) atoms. The lowest BCUT2D eigenvalue weighted by atomic mass is 10.1. The van der Waals surface area contributed by atoms with Crippen molar-refractivity contribution in [3.63, 3.8) is 0 Å². The molecular weight excluding hydrogens is 235 g/mol. The van der Waals surface area contributed by atoms with Crippen molar-refractivity contribution in [1.82, 2.24) is 0 Å². The fourth-order valence-corrected chi connectivity index (χ4v) is 2.10. The van der Waals surface area contributed by atoms with Crippen LogP contribution in [0.1, 0.15) is 0 Å². The van der Waals surface area contributed by atoms with E-state index in [4.69, 9.17) is 10.2 Å². The molecule has 0 radical (unpaired) electrons. The molecule has 0 unspecified atom stereocenters. The van der Waals surface area contributed by atoms with Gasteiger partial charge in [-0.2, -0.15) is 0 Å². The van der Waals surface area contributed by atoms with Gasteiger partial charge in [-0.25, -0.2) is 17.9 Å². The van der Waals surface area contributed by atoms with Crippen molar-refractivity contribution in [2.45, 2.75) is 11.0 Å². The molecule has 1 fully saturated rings. The number of nitrogens with zero attached hydrogens (tertiary/aromatic N) is 1. The van der Waals surface area contributed by atoms with Gasteiger partial charge in [0.1, 0.15) is 5.82 Å². The van der Waals surface area contributed by atoms with E-state index in [1.54, 1.807) is 4.90 Å². The Morgan fingerprint density at radius 3 is 2.50 bits per heavy atom. The zero-order valence-corrected chi connectivity index (χ0v) is 9.11. The van der Waals surface area contributed by atoms with E-state index in [9.17, 15) is 12.8 Å². The average molecular weight is 246 g/mol. The van der Waals surface area contributed by atoms with E-state index in [-0.39, 0.29) is 10.6 Å². The highest BCUT2D eigenvalue weighted by molar-refractivity contribution is 7.89. The van der Waals surface area contributed by atoms with Crippen LogP contribution in [-0.2, 0) is 10.0 Å². The van der Waals surface area contributed by atoms with Crippen LogP contribution in [0.2, 0.25) is 0 Å². The number of nitrogens with two attached hydrogens (primary N) is 1. The van der Waals surface area contributed by atoms with E-state index >= 15 is 0 Å². The maximum atomic E-state index is 13.5. The molecule has 0 spiro atoms. The fraction of sp³-hybridized carbons (Fsp3) is 0.333. The minimum atomic E-state index is -3.88. The number of halogens is 1. The molecule has 0 aromatic heterocycles. The summed E-state index contributed by atoms with van der Waals surface area (Å²) in [6.45, 7) is 0.706. The average Bonchev–Trinajstić information content (AvgIpc) is 2.12. The van der Waals surface area contributed by atoms with Crippen LogP contribution in [0.3, 0.4) is 0 Å². The number of hydrogen-bond donors (Lipinski definition) is 2. The summed E-state index contributed by atoms with van der Waals surface area (Å²) in [4.78, 5) is 1.36. The molecule has 2 rings (SSSR count). The highest BCUT2D eigenvalue weighted by atomic mass is 32.2. The monoisotopic (exact) mass is 246 g/mol. The molecule has 3 N–H and O–H groups in total. The molecule has 0 aliphatic carbocycles. The summed E-state index contributed by atoms with van der Waals surface area (Å²) in [7, 11) is -3.88. The molecule has 1 saturated heterocycles. The summed E-state index contributed by atoms with van der Waals surface area (Å²) in [5.41, 5.74) is 0.276. The Bertz CT molecular complexity index is 511. The summed E-state index contributed by atoms with van der Waals surface area (Å²) in [6, 6.07) is 3.48. The number of rotatable bonds is 2. The van der Waals surface area contributed by atoms with Crippen LogP contribution in [0, 0.1) is 5.82 Å². The Hall–Kier alpha value is -1.18. The Morgan fingerprint density at radius 2 is 2.06 bits per heavy atom. The summed E-state index contributed by atoms with van der Waals surface area (Å²) in [6.07, 6.45) is -0.447. The summed E-state index contributed by atoms with van der Waals surface area (Å²) < 4.78 is 35.5. The highest BCUT2D eigenvalue weighted by Gasteiger charge is 2.27. The van der Waals surface area contributed by atoms with Gasteiger partial charge in [0, 0.05) is 13.1 Å². The number of anilines is 1. The molecule has 0 saturated carbocycles. The first-order chi connectivity index (χ1) is 7.38. The Balaban J connectivity index is 2.31. The van der Waals surface area contributed by atoms with Crippen LogP contribution in [0.25, 0.3) is 0 Å². The number of sulfonamides is 1. The Labute approximate surface area is 92.3 Å². The lowest BCUT2D eigenvalue weighted by Crippen LogP contribution is -2.51. The van der Waals surface area contributed by atoms with Crippen molar-refractivity contribution in [3.8, 4) is 0 Å². The molecule has 0 amide bonds. The van der Waals surface area contributed by atoms with Gasteiger partial charge >= 0.3 is 0 Å². The molecule has 1 aromatic carbocycles. The van der Waals surface area contributed by atoms with Crippen LogP contribution in [0.15, 0.2) is 23.1 Å². The van der Waals surface area contributed by atoms with Crippen molar-refractivity contribution in [3.05, 3.63) is 24.0 Å². The number of aliphatic hydroxyl groups is 1. The maximum absolute atomic E-state index is 13.5. The van der Waals surface area contributed by atoms with E-state index in [2.05, 4.69) is 0 Å². The van der Waals surface area contributed by atoms with Crippen LogP contribution < -0.4 is 10.0 Å². The van der Waals surface area contributed by atoms with Gasteiger partial charge in [-0.05, 0) is 18.2 Å². The SMILES string of the molecule is NS(=O)(=O)c1ccc(N2CC(O)C2)c(F)c1. The van der Waals surface area contributed by atoms with Crippen molar-refractivity contribution < 1.29 is 17.9 Å². The van der Waals surface area contributed by atoms with Gasteiger partial charge in [0.2, 0.25) is 10.0 Å². The van der Waals surface area contributed by atoms with Gasteiger partial charge in [-0.3, -0.25) is 0 Å². The zero-order chi connectivity index (χ0) is 11.9. The lowest BCUT2D eigenvalue weighted by Gasteiger charge is -2.38. The van der Waals surface area contributed by atoms with Crippen LogP contribution >= 0.6 is 0 Å². The third-order valence-electron chi connectivity index (χ3n) is 2.45. The van der Waals surface area contributed by atoms with E-state index in [1.165, 1.54) is 12.1 Å². The molecule has 5 nitrogen and oxygen atoms in total. The standard InChI is InChI=1S/C9H11FN2O3S/c10-8-3-7(16(11,14)15)1-2-9(8)12-4-6(13)5-12/h1-3,6,13H,4-5H2,(H2,11,14,15). The van der Waals surface area contributed by atoms with Crippen molar-refractivity contribution in [2.75, 3.05) is 18.0 Å². The second-order valence-electron chi connectivity index (χ2n) is 3.72. The summed E-state index contributed by atoms with van der Waals surface area (Å²) in [5, 5.41) is 13.9. The second-order valence-corrected chi connectivity index (χ2v) is 5.28. The van der Waals surface area contributed by atoms with Crippen molar-refractivity contribution >= 4 is 15.7 Å². The van der Waals surface area contributed by atoms with E-state index < -0.39 is 21.9 Å². The van der Waals surface area contributed by atoms with Gasteiger partial charge < -0.3 is 10.0 Å². The molecule has 1 aliphatic rings. The third-order valence-corrected chi connectivity index (χ3v) is 3.36. The third kappa shape index (κ3) is 2.01. The first-order valence-electron chi connectivity index (χ1n) is 4.63. The molecule has 1 heterocycles. The van der Waals surface area contributed by atoms with Crippen molar-refractivity contribution in [2.24, 2.45) is 5.14 Å². The minimum absolute atomic E-state index is 0.255. The van der Waals surface area contributed by atoms with Gasteiger partial charge in [0.05, 0.1) is 16.7 Å². The number of primary sulfonamides is 1. The zero-order valence-electron chi connectivity index (χ0n) is 8.30. The highest BCUT2D eigenvalue weighted by Crippen LogP contribution is 2.25. The molecule has 7 heteroatoms. The molecule has 0 atom stereocenters. The van der Waals surface area contributed by atoms with E-state index in [1.807, 2.05) is 0 Å². The Morgan fingerprint density at radius 1 is 1.44 bits per heavy atom. The largest absolute Gasteiger partial charge is 0.389 e. The van der Waals surface area contributed by atoms with Crippen LogP contribution in [0.4, 0.5) is 10.1 Å². The molecule has 88 valence electrons. The minimum Gasteiger partial charge on any atom is -0.389 e. The Kier molecular flexibility index (Phi) is 2.61. The molecule has 0 bridgehead atoms. The maximum Gasteiger partial charge on any atom is 0.238 e. The van der Waals surface area contributed by atoms with Gasteiger partial charge in [-0.15, -0.1) is 0 Å². The summed E-state index contributed by atoms with van der Waals surface area (Å²) >= 11 is 0. The molecular formula is C9H11FN2O3S. The van der Waals surface area contributed by atoms with Gasteiger partial charge in [0.15, 0.2) is 0 Å². The quantitative estimate of drug-likeness (QED) is 0.747. The summed E-state index contributed by atoms with van der Waals surface area (Å²) in [5.74, 6) is -0.654. The smallest absolute Gasteiger partial charge is 0.238 e. The van der Waals surface area contributed by atoms with Crippen LogP contribution in [0.5, 0.6) is 0 Å². The predicted molar refractivity (Wildman–Crippen MR) is 56.0 cm³/mol. The van der Waals surface area contributed by atoms with E-state index in [0.29, 0.717) is 13.1 Å². The van der Waals surface area contributed by atoms with E-state index in [0.717, 1.165) is 6.07 Å². The van der Waals surface area contributed by atoms with Gasteiger partial charge in [0.25, 0.3) is 0 Å². The number of hydrogen-bond acceptors (Lipinski definition) is 4. The molecule has 1 aliphatic heterocycles. The normalized spacial score (nSPS) is 17.3. The van der Waals surface area contributed by atoms with Crippen LogP contribution in [-0.4, -0.2) is 32.7 Å². The molecule has 1 aromatic rings. The number of benzene rings is 1. The van der Waals surface area contributed by atoms with Crippen molar-refractivity contribution in [1.29, 1.82) is 0 Å².